The summed E-state index contributed by atoms with van der Waals surface area (Å²) in [5, 5.41) is 0. The van der Waals surface area contributed by atoms with E-state index in [0.717, 1.165) is 0 Å². The van der Waals surface area contributed by atoms with E-state index in [9.17, 15) is 4.79 Å². The van der Waals surface area contributed by atoms with Crippen LogP contribution >= 0.6 is 0 Å². The van der Waals surface area contributed by atoms with Crippen molar-refractivity contribution in [3.63, 3.8) is 0 Å². The van der Waals surface area contributed by atoms with Crippen LogP contribution in [0.1, 0.15) is 36.1 Å². The van der Waals surface area contributed by atoms with Gasteiger partial charge in [0.25, 0.3) is 0 Å². The van der Waals surface area contributed by atoms with Crippen LogP contribution in [0.25, 0.3) is 0 Å². The van der Waals surface area contributed by atoms with Crippen LogP contribution in [0.3, 0.4) is 0 Å². The van der Waals surface area contributed by atoms with Gasteiger partial charge in [0.05, 0.1) is 21.3 Å². The molecule has 0 aliphatic heterocycles. The monoisotopic (exact) mass is 298 g/mol. The lowest BCUT2D eigenvalue weighted by Gasteiger charge is -2.20. The molecular weight excluding hydrogens is 276 g/mol. The Labute approximate surface area is 124 Å². The van der Waals surface area contributed by atoms with Crippen LogP contribution in [-0.2, 0) is 14.2 Å². The van der Waals surface area contributed by atoms with Crippen LogP contribution in [0.15, 0.2) is 12.1 Å². The lowest BCUT2D eigenvalue weighted by Crippen LogP contribution is -2.12. The van der Waals surface area contributed by atoms with E-state index in [2.05, 4.69) is 0 Å². The Morgan fingerprint density at radius 1 is 1.00 bits per heavy atom. The first-order valence-corrected chi connectivity index (χ1v) is 6.70. The van der Waals surface area contributed by atoms with Crippen molar-refractivity contribution in [1.29, 1.82) is 0 Å². The van der Waals surface area contributed by atoms with E-state index >= 15 is 0 Å². The molecule has 0 amide bonds. The highest BCUT2D eigenvalue weighted by Gasteiger charge is 2.23. The Bertz CT molecular complexity index is 440. The normalized spacial score (nSPS) is 10.6. The first-order valence-electron chi connectivity index (χ1n) is 6.70. The number of ether oxygens (including phenoxy) is 5. The Hall–Kier alpha value is -1.79. The summed E-state index contributed by atoms with van der Waals surface area (Å²) in [6.07, 6.45) is -0.547. The number of rotatable bonds is 8. The van der Waals surface area contributed by atoms with Crippen molar-refractivity contribution in [3.05, 3.63) is 23.3 Å². The van der Waals surface area contributed by atoms with E-state index in [-0.39, 0.29) is 5.56 Å². The maximum absolute atomic E-state index is 11.9. The maximum Gasteiger partial charge on any atom is 0.345 e. The fourth-order valence-corrected chi connectivity index (χ4v) is 1.91. The molecule has 21 heavy (non-hydrogen) atoms. The Balaban J connectivity index is 3.33. The Kier molecular flexibility index (Phi) is 6.98. The average Bonchev–Trinajstić information content (AvgIpc) is 2.52. The second kappa shape index (κ2) is 8.49. The van der Waals surface area contributed by atoms with Gasteiger partial charge in [-0.3, -0.25) is 0 Å². The number of esters is 1. The smallest absolute Gasteiger partial charge is 0.345 e. The van der Waals surface area contributed by atoms with Gasteiger partial charge in [-0.15, -0.1) is 0 Å². The van der Waals surface area contributed by atoms with Crippen molar-refractivity contribution < 1.29 is 28.5 Å². The zero-order valence-electron chi connectivity index (χ0n) is 13.1. The topological polar surface area (TPSA) is 63.2 Å². The quantitative estimate of drug-likeness (QED) is 0.543. The van der Waals surface area contributed by atoms with Crippen LogP contribution in [0.2, 0.25) is 0 Å². The van der Waals surface area contributed by atoms with Crippen molar-refractivity contribution in [2.45, 2.75) is 20.1 Å². The summed E-state index contributed by atoms with van der Waals surface area (Å²) in [5.41, 5.74) is 0.943. The lowest BCUT2D eigenvalue weighted by molar-refractivity contribution is -0.140. The Morgan fingerprint density at radius 3 is 1.81 bits per heavy atom. The molecule has 6 nitrogen and oxygen atoms in total. The highest BCUT2D eigenvalue weighted by Crippen LogP contribution is 2.34. The lowest BCUT2D eigenvalue weighted by atomic mass is 10.1. The first-order chi connectivity index (χ1) is 10.1. The van der Waals surface area contributed by atoms with E-state index in [0.29, 0.717) is 30.3 Å². The minimum absolute atomic E-state index is 0.234. The summed E-state index contributed by atoms with van der Waals surface area (Å²) < 4.78 is 26.4. The second-order valence-electron chi connectivity index (χ2n) is 4.03. The van der Waals surface area contributed by atoms with E-state index in [1.165, 1.54) is 21.3 Å². The molecule has 0 unspecified atom stereocenters. The molecule has 0 spiro atoms. The minimum Gasteiger partial charge on any atom is -0.496 e. The maximum atomic E-state index is 11.9. The second-order valence-corrected chi connectivity index (χ2v) is 4.03. The molecule has 1 rings (SSSR count). The van der Waals surface area contributed by atoms with Gasteiger partial charge in [0.1, 0.15) is 17.1 Å². The van der Waals surface area contributed by atoms with Gasteiger partial charge >= 0.3 is 5.97 Å². The molecule has 1 aromatic carbocycles. The molecule has 0 saturated heterocycles. The molecule has 118 valence electrons. The highest BCUT2D eigenvalue weighted by atomic mass is 16.7. The summed E-state index contributed by atoms with van der Waals surface area (Å²) in [4.78, 5) is 11.9. The number of hydrogen-bond acceptors (Lipinski definition) is 6. The van der Waals surface area contributed by atoms with Crippen molar-refractivity contribution >= 4 is 5.97 Å². The predicted molar refractivity (Wildman–Crippen MR) is 76.9 cm³/mol. The van der Waals surface area contributed by atoms with E-state index in [1.54, 1.807) is 12.1 Å². The molecule has 0 aliphatic carbocycles. The Morgan fingerprint density at radius 2 is 1.48 bits per heavy atom. The number of hydrogen-bond donors (Lipinski definition) is 0. The molecule has 0 bridgehead atoms. The van der Waals surface area contributed by atoms with Gasteiger partial charge in [0, 0.05) is 18.8 Å². The average molecular weight is 298 g/mol. The third-order valence-corrected chi connectivity index (χ3v) is 2.83. The number of benzene rings is 1. The van der Waals surface area contributed by atoms with Gasteiger partial charge < -0.3 is 23.7 Å². The zero-order valence-corrected chi connectivity index (χ0v) is 13.1. The summed E-state index contributed by atoms with van der Waals surface area (Å²) in [6.45, 7) is 4.74. The van der Waals surface area contributed by atoms with Crippen molar-refractivity contribution in [2.75, 3.05) is 34.5 Å². The molecule has 0 atom stereocenters. The molecule has 6 heteroatoms. The molecule has 0 fully saturated rings. The van der Waals surface area contributed by atoms with Gasteiger partial charge in [0.15, 0.2) is 6.29 Å². The molecule has 0 N–H and O–H groups in total. The number of carbonyl (C=O) groups excluding carboxylic acids is 1. The molecule has 0 heterocycles. The fraction of sp³-hybridized carbons (Fsp3) is 0.533. The van der Waals surface area contributed by atoms with Gasteiger partial charge in [-0.2, -0.15) is 0 Å². The summed E-state index contributed by atoms with van der Waals surface area (Å²) in [6, 6.07) is 3.37. The van der Waals surface area contributed by atoms with Gasteiger partial charge in [0.2, 0.25) is 0 Å². The van der Waals surface area contributed by atoms with Gasteiger partial charge in [-0.1, -0.05) is 0 Å². The van der Waals surface area contributed by atoms with Gasteiger partial charge in [-0.25, -0.2) is 4.79 Å². The predicted octanol–water partition coefficient (Wildman–Crippen LogP) is 2.56. The van der Waals surface area contributed by atoms with E-state index < -0.39 is 12.3 Å². The molecule has 0 radical (unpaired) electrons. The SMILES string of the molecule is CCOC(OCC)c1cc(OC)c(C(=O)OC)c(OC)c1. The molecule has 0 saturated carbocycles. The van der Waals surface area contributed by atoms with Crippen LogP contribution in [-0.4, -0.2) is 40.5 Å². The van der Waals surface area contributed by atoms with Crippen molar-refractivity contribution in [2.24, 2.45) is 0 Å². The summed E-state index contributed by atoms with van der Waals surface area (Å²) in [5.74, 6) is 0.167. The van der Waals surface area contributed by atoms with Gasteiger partial charge in [-0.05, 0) is 26.0 Å². The molecule has 0 aromatic heterocycles. The van der Waals surface area contributed by atoms with Crippen LogP contribution in [0, 0.1) is 0 Å². The zero-order chi connectivity index (χ0) is 15.8. The van der Waals surface area contributed by atoms with E-state index in [4.69, 9.17) is 23.7 Å². The highest BCUT2D eigenvalue weighted by molar-refractivity contribution is 5.95. The third-order valence-electron chi connectivity index (χ3n) is 2.83. The third kappa shape index (κ3) is 4.09. The largest absolute Gasteiger partial charge is 0.496 e. The van der Waals surface area contributed by atoms with Crippen molar-refractivity contribution in [1.82, 2.24) is 0 Å². The molecule has 1 aromatic rings. The van der Waals surface area contributed by atoms with Crippen LogP contribution in [0.5, 0.6) is 11.5 Å². The fourth-order valence-electron chi connectivity index (χ4n) is 1.91. The van der Waals surface area contributed by atoms with Crippen LogP contribution < -0.4 is 9.47 Å². The molecular formula is C15H22O6. The minimum atomic E-state index is -0.547. The number of methoxy groups -OCH3 is 3. The van der Waals surface area contributed by atoms with Crippen LogP contribution in [0.4, 0.5) is 0 Å². The number of carbonyl (C=O) groups is 1. The standard InChI is InChI=1S/C15H22O6/c1-6-20-15(21-7-2)10-8-11(17-3)13(14(16)19-5)12(9-10)18-4/h8-9,15H,6-7H2,1-5H3. The first kappa shape index (κ1) is 17.3. The van der Waals surface area contributed by atoms with E-state index in [1.807, 2.05) is 13.8 Å². The molecule has 0 aliphatic rings. The summed E-state index contributed by atoms with van der Waals surface area (Å²) in [7, 11) is 4.25. The summed E-state index contributed by atoms with van der Waals surface area (Å²) >= 11 is 0. The van der Waals surface area contributed by atoms with Crippen molar-refractivity contribution in [3.8, 4) is 11.5 Å².